The summed E-state index contributed by atoms with van der Waals surface area (Å²) in [4.78, 5) is 24.6. The van der Waals surface area contributed by atoms with E-state index in [2.05, 4.69) is 10.6 Å². The first-order chi connectivity index (χ1) is 16.8. The van der Waals surface area contributed by atoms with Crippen LogP contribution < -0.4 is 15.4 Å². The normalized spacial score (nSPS) is 15.3. The van der Waals surface area contributed by atoms with Crippen molar-refractivity contribution in [2.75, 3.05) is 13.2 Å². The molecule has 0 saturated heterocycles. The van der Waals surface area contributed by atoms with E-state index in [1.165, 1.54) is 12.1 Å². The van der Waals surface area contributed by atoms with Crippen molar-refractivity contribution in [3.05, 3.63) is 88.4 Å². The summed E-state index contributed by atoms with van der Waals surface area (Å²) in [5.74, 6) is -0.179. The van der Waals surface area contributed by atoms with Gasteiger partial charge in [-0.05, 0) is 51.5 Å². The lowest BCUT2D eigenvalue weighted by molar-refractivity contribution is 0.0744. The van der Waals surface area contributed by atoms with Gasteiger partial charge in [0.2, 0.25) is 0 Å². The van der Waals surface area contributed by atoms with Gasteiger partial charge in [0.1, 0.15) is 35.6 Å². The number of amides is 1. The van der Waals surface area contributed by atoms with Gasteiger partial charge in [-0.2, -0.15) is 0 Å². The molecule has 2 aromatic rings. The summed E-state index contributed by atoms with van der Waals surface area (Å²) in [5.41, 5.74) is 2.50. The molecule has 1 aliphatic heterocycles. The minimum absolute atomic E-state index is 0.137. The highest BCUT2D eigenvalue weighted by molar-refractivity contribution is 5.70. The van der Waals surface area contributed by atoms with Crippen LogP contribution in [-0.2, 0) is 20.8 Å². The van der Waals surface area contributed by atoms with Gasteiger partial charge in [-0.1, -0.05) is 30.3 Å². The predicted octanol–water partition coefficient (Wildman–Crippen LogP) is 5.47. The Bertz CT molecular complexity index is 1080. The molecule has 2 N–H and O–H groups in total. The Hall–Kier alpha value is -4.01. The average Bonchev–Trinajstić information content (AvgIpc) is 2.82. The first-order valence-electron chi connectivity index (χ1n) is 11.3. The Kier molecular flexibility index (Phi) is 8.72. The quantitative estimate of drug-likeness (QED) is 0.480. The van der Waals surface area contributed by atoms with E-state index in [0.717, 1.165) is 5.56 Å². The summed E-state index contributed by atoms with van der Waals surface area (Å²) in [6.45, 7) is 7.64. The van der Waals surface area contributed by atoms with E-state index in [1.54, 1.807) is 64.1 Å². The number of dihydropyridines is 1. The van der Waals surface area contributed by atoms with Crippen LogP contribution >= 0.6 is 0 Å². The molecule has 1 heterocycles. The van der Waals surface area contributed by atoms with E-state index in [-0.39, 0.29) is 30.5 Å². The van der Waals surface area contributed by atoms with Crippen molar-refractivity contribution in [3.8, 4) is 5.75 Å². The summed E-state index contributed by atoms with van der Waals surface area (Å²) in [5, 5.41) is 5.71. The van der Waals surface area contributed by atoms with E-state index in [1.807, 2.05) is 0 Å². The molecule has 1 unspecified atom stereocenters. The number of allylic oxidation sites excluding steroid dienone is 2. The topological polar surface area (TPSA) is 95.1 Å². The number of nitrogens with one attached hydrogen (secondary N) is 2. The number of hydrogen-bond donors (Lipinski definition) is 2. The van der Waals surface area contributed by atoms with Gasteiger partial charge < -0.3 is 29.6 Å². The molecule has 0 bridgehead atoms. The van der Waals surface area contributed by atoms with Crippen molar-refractivity contribution < 1.29 is 32.9 Å². The van der Waals surface area contributed by atoms with Gasteiger partial charge in [-0.25, -0.2) is 14.0 Å². The molecule has 0 spiro atoms. The second kappa shape index (κ2) is 11.9. The molecule has 2 aromatic carbocycles. The molecule has 35 heavy (non-hydrogen) atoms. The smallest absolute Gasteiger partial charge is 0.489 e. The number of para-hydroxylation sites is 1. The largest absolute Gasteiger partial charge is 0.513 e. The lowest BCUT2D eigenvalue weighted by atomic mass is 9.90. The minimum atomic E-state index is -0.879. The lowest BCUT2D eigenvalue weighted by Gasteiger charge is -2.31. The molecule has 0 fully saturated rings. The summed E-state index contributed by atoms with van der Waals surface area (Å²) in [6.07, 6.45) is -1.52. The molecule has 186 valence electrons. The second-order valence-electron chi connectivity index (χ2n) is 7.69. The van der Waals surface area contributed by atoms with Crippen LogP contribution in [0, 0.1) is 5.82 Å². The summed E-state index contributed by atoms with van der Waals surface area (Å²) in [7, 11) is 0. The van der Waals surface area contributed by atoms with Crippen LogP contribution in [0.4, 0.5) is 14.0 Å². The standard InChI is InChI=1S/C26H29FN2O6/c1-5-28-25(30)34-23-16(3)29-17(4)24(35-26(31)32-6-2)22(23)20-9-7-8-10-21(20)33-15-18-11-13-19(27)14-12-18/h7-14,22,29H,5-6,15H2,1-4H3,(H,28,30). The van der Waals surface area contributed by atoms with E-state index in [0.29, 0.717) is 29.3 Å². The molecule has 0 saturated carbocycles. The van der Waals surface area contributed by atoms with Crippen LogP contribution in [0.2, 0.25) is 0 Å². The molecule has 0 radical (unpaired) electrons. The Morgan fingerprint density at radius 1 is 0.971 bits per heavy atom. The number of rotatable bonds is 8. The fraction of sp³-hybridized carbons (Fsp3) is 0.308. The van der Waals surface area contributed by atoms with Crippen LogP contribution in [0.3, 0.4) is 0 Å². The maximum Gasteiger partial charge on any atom is 0.513 e. The van der Waals surface area contributed by atoms with Crippen LogP contribution in [0.25, 0.3) is 0 Å². The molecular formula is C26H29FN2O6. The predicted molar refractivity (Wildman–Crippen MR) is 127 cm³/mol. The molecule has 1 atom stereocenters. The fourth-order valence-electron chi connectivity index (χ4n) is 3.62. The Labute approximate surface area is 203 Å². The fourth-order valence-corrected chi connectivity index (χ4v) is 3.62. The van der Waals surface area contributed by atoms with Crippen LogP contribution in [-0.4, -0.2) is 25.4 Å². The molecular weight excluding hydrogens is 455 g/mol. The molecule has 3 rings (SSSR count). The maximum absolute atomic E-state index is 13.3. The molecule has 9 heteroatoms. The number of halogens is 1. The molecule has 0 aromatic heterocycles. The maximum atomic E-state index is 13.3. The van der Waals surface area contributed by atoms with Gasteiger partial charge in [-0.15, -0.1) is 0 Å². The van der Waals surface area contributed by atoms with Gasteiger partial charge in [0.05, 0.1) is 18.0 Å². The third-order valence-electron chi connectivity index (χ3n) is 5.16. The van der Waals surface area contributed by atoms with Crippen LogP contribution in [0.15, 0.2) is 71.4 Å². The molecule has 0 aliphatic carbocycles. The zero-order valence-electron chi connectivity index (χ0n) is 20.1. The number of carbonyl (C=O) groups excluding carboxylic acids is 2. The first-order valence-corrected chi connectivity index (χ1v) is 11.3. The molecule has 1 aliphatic rings. The zero-order chi connectivity index (χ0) is 25.4. The highest BCUT2D eigenvalue weighted by Crippen LogP contribution is 2.43. The van der Waals surface area contributed by atoms with Crippen molar-refractivity contribution in [2.45, 2.75) is 40.2 Å². The van der Waals surface area contributed by atoms with Crippen molar-refractivity contribution in [3.63, 3.8) is 0 Å². The Balaban J connectivity index is 2.02. The van der Waals surface area contributed by atoms with E-state index < -0.39 is 18.2 Å². The SMILES string of the molecule is CCNC(=O)OC1=C(C)NC(C)=C(OC(=O)OCC)C1c1ccccc1OCc1ccc(F)cc1. The Morgan fingerprint density at radius 3 is 2.29 bits per heavy atom. The van der Waals surface area contributed by atoms with E-state index >= 15 is 0 Å². The number of hydrogen-bond acceptors (Lipinski definition) is 7. The van der Waals surface area contributed by atoms with Crippen molar-refractivity contribution >= 4 is 12.2 Å². The zero-order valence-corrected chi connectivity index (χ0v) is 20.1. The first kappa shape index (κ1) is 25.6. The number of benzene rings is 2. The van der Waals surface area contributed by atoms with Crippen molar-refractivity contribution in [1.29, 1.82) is 0 Å². The lowest BCUT2D eigenvalue weighted by Crippen LogP contribution is -2.32. The van der Waals surface area contributed by atoms with Crippen molar-refractivity contribution in [1.82, 2.24) is 10.6 Å². The van der Waals surface area contributed by atoms with Crippen LogP contribution in [0.1, 0.15) is 44.7 Å². The van der Waals surface area contributed by atoms with Gasteiger partial charge in [-0.3, -0.25) is 0 Å². The monoisotopic (exact) mass is 484 g/mol. The third-order valence-corrected chi connectivity index (χ3v) is 5.16. The van der Waals surface area contributed by atoms with Gasteiger partial charge in [0.25, 0.3) is 0 Å². The Morgan fingerprint density at radius 2 is 1.63 bits per heavy atom. The van der Waals surface area contributed by atoms with Gasteiger partial charge >= 0.3 is 12.2 Å². The summed E-state index contributed by atoms with van der Waals surface area (Å²) >= 11 is 0. The van der Waals surface area contributed by atoms with Crippen LogP contribution in [0.5, 0.6) is 5.75 Å². The molecule has 1 amide bonds. The number of ether oxygens (including phenoxy) is 4. The third kappa shape index (κ3) is 6.53. The van der Waals surface area contributed by atoms with Gasteiger partial charge in [0, 0.05) is 12.1 Å². The summed E-state index contributed by atoms with van der Waals surface area (Å²) in [6, 6.07) is 13.2. The second-order valence-corrected chi connectivity index (χ2v) is 7.69. The minimum Gasteiger partial charge on any atom is -0.489 e. The summed E-state index contributed by atoms with van der Waals surface area (Å²) < 4.78 is 35.6. The van der Waals surface area contributed by atoms with E-state index in [9.17, 15) is 14.0 Å². The highest BCUT2D eigenvalue weighted by atomic mass is 19.1. The number of carbonyl (C=O) groups is 2. The molecule has 8 nitrogen and oxygen atoms in total. The van der Waals surface area contributed by atoms with Crippen molar-refractivity contribution in [2.24, 2.45) is 0 Å². The average molecular weight is 485 g/mol. The van der Waals surface area contributed by atoms with E-state index in [4.69, 9.17) is 18.9 Å². The van der Waals surface area contributed by atoms with Gasteiger partial charge in [0.15, 0.2) is 0 Å². The highest BCUT2D eigenvalue weighted by Gasteiger charge is 2.37. The number of alkyl carbamates (subject to hydrolysis) is 1.